The molecule has 0 spiro atoms. The lowest BCUT2D eigenvalue weighted by Crippen LogP contribution is -2.31. The first kappa shape index (κ1) is 16.9. The van der Waals surface area contributed by atoms with Crippen LogP contribution < -0.4 is 16.2 Å². The normalized spacial score (nSPS) is 14.2. The van der Waals surface area contributed by atoms with Crippen LogP contribution in [0.1, 0.15) is 38.7 Å². The molecule has 1 aliphatic rings. The molecule has 8 nitrogen and oxygen atoms in total. The van der Waals surface area contributed by atoms with Crippen LogP contribution in [0.25, 0.3) is 4.96 Å². The number of carbonyl (C=O) groups excluding carboxylic acids is 1. The molecule has 0 fully saturated rings. The lowest BCUT2D eigenvalue weighted by atomic mass is 10.3. The maximum absolute atomic E-state index is 12.7. The molecule has 9 heteroatoms. The second-order valence-electron chi connectivity index (χ2n) is 6.40. The molecule has 4 rings (SSSR count). The van der Waals surface area contributed by atoms with Crippen LogP contribution in [-0.4, -0.2) is 31.6 Å². The van der Waals surface area contributed by atoms with Crippen molar-refractivity contribution in [3.63, 3.8) is 0 Å². The van der Waals surface area contributed by atoms with Crippen molar-refractivity contribution in [3.8, 4) is 0 Å². The molecule has 0 unspecified atom stereocenters. The summed E-state index contributed by atoms with van der Waals surface area (Å²) in [6, 6.07) is 1.99. The first-order valence-corrected chi connectivity index (χ1v) is 9.38. The van der Waals surface area contributed by atoms with Gasteiger partial charge in [-0.25, -0.2) is 4.98 Å². The Hall–Kier alpha value is -2.52. The molecular formula is C17H20N6O2S. The number of aryl methyl sites for hydroxylation is 3. The first-order valence-electron chi connectivity index (χ1n) is 8.57. The van der Waals surface area contributed by atoms with Crippen molar-refractivity contribution in [3.05, 3.63) is 50.1 Å². The molecule has 0 atom stereocenters. The molecule has 0 radical (unpaired) electrons. The number of rotatable bonds is 3. The lowest BCUT2D eigenvalue weighted by Gasteiger charge is -2.04. The van der Waals surface area contributed by atoms with E-state index in [4.69, 9.17) is 0 Å². The number of aromatic nitrogens is 4. The van der Waals surface area contributed by atoms with Gasteiger partial charge in [-0.1, -0.05) is 0 Å². The number of carbonyl (C=O) groups is 1. The molecule has 1 aliphatic heterocycles. The van der Waals surface area contributed by atoms with Crippen LogP contribution in [0.4, 0.5) is 0 Å². The average Bonchev–Trinajstić information content (AvgIpc) is 3.06. The van der Waals surface area contributed by atoms with Gasteiger partial charge < -0.3 is 10.6 Å². The maximum Gasteiger partial charge on any atom is 0.271 e. The molecule has 1 amide bonds. The fourth-order valence-corrected chi connectivity index (χ4v) is 4.03. The minimum absolute atomic E-state index is 0.0471. The topological polar surface area (TPSA) is 93.3 Å². The van der Waals surface area contributed by atoms with Crippen LogP contribution in [-0.2, 0) is 19.6 Å². The smallest absolute Gasteiger partial charge is 0.271 e. The van der Waals surface area contributed by atoms with Gasteiger partial charge in [-0.3, -0.25) is 18.7 Å². The molecule has 136 valence electrons. The number of hydrogen-bond donors (Lipinski definition) is 2. The zero-order valence-corrected chi connectivity index (χ0v) is 15.5. The third-order valence-electron chi connectivity index (χ3n) is 4.64. The van der Waals surface area contributed by atoms with Gasteiger partial charge in [0.05, 0.1) is 17.9 Å². The molecule has 3 aromatic rings. The van der Waals surface area contributed by atoms with Gasteiger partial charge in [-0.05, 0) is 32.9 Å². The number of nitrogens with one attached hydrogen (secondary N) is 2. The van der Waals surface area contributed by atoms with Gasteiger partial charge in [-0.15, -0.1) is 11.3 Å². The quantitative estimate of drug-likeness (QED) is 0.715. The number of amides is 1. The maximum atomic E-state index is 12.7. The van der Waals surface area contributed by atoms with Crippen LogP contribution in [0, 0.1) is 13.8 Å². The molecule has 26 heavy (non-hydrogen) atoms. The summed E-state index contributed by atoms with van der Waals surface area (Å²) in [6.07, 6.45) is 2.39. The van der Waals surface area contributed by atoms with Gasteiger partial charge in [0.25, 0.3) is 11.5 Å². The number of hydrogen-bond acceptors (Lipinski definition) is 6. The highest BCUT2D eigenvalue weighted by atomic mass is 32.1. The molecule has 0 aliphatic carbocycles. The average molecular weight is 372 g/mol. The van der Waals surface area contributed by atoms with Crippen LogP contribution >= 0.6 is 11.3 Å². The Morgan fingerprint density at radius 1 is 1.42 bits per heavy atom. The van der Waals surface area contributed by atoms with Crippen molar-refractivity contribution in [2.24, 2.45) is 0 Å². The zero-order valence-electron chi connectivity index (χ0n) is 14.7. The van der Waals surface area contributed by atoms with Gasteiger partial charge in [-0.2, -0.15) is 5.10 Å². The summed E-state index contributed by atoms with van der Waals surface area (Å²) in [5, 5.41) is 10.7. The van der Waals surface area contributed by atoms with Crippen molar-refractivity contribution in [1.29, 1.82) is 0 Å². The molecule has 4 heterocycles. The Bertz CT molecular complexity index is 1020. The minimum Gasteiger partial charge on any atom is -0.346 e. The van der Waals surface area contributed by atoms with E-state index in [1.807, 2.05) is 24.6 Å². The Labute approximate surface area is 153 Å². The molecule has 2 N–H and O–H groups in total. The third-order valence-corrected chi connectivity index (χ3v) is 5.71. The number of fused-ring (bicyclic) bond motifs is 2. The van der Waals surface area contributed by atoms with Crippen molar-refractivity contribution < 1.29 is 4.79 Å². The summed E-state index contributed by atoms with van der Waals surface area (Å²) in [5.41, 5.74) is 2.43. The highest BCUT2D eigenvalue weighted by molar-refractivity contribution is 7.17. The minimum atomic E-state index is -0.429. The summed E-state index contributed by atoms with van der Waals surface area (Å²) in [6.45, 7) is 6.70. The number of thiazole rings is 1. The van der Waals surface area contributed by atoms with Gasteiger partial charge in [0.1, 0.15) is 5.56 Å². The van der Waals surface area contributed by atoms with Crippen molar-refractivity contribution in [1.82, 2.24) is 29.8 Å². The SMILES string of the molecule is Cc1sc2ncc(C(=O)NCc3cc4n(n3)CCCNC4)c(=O)n2c1C. The van der Waals surface area contributed by atoms with E-state index in [1.54, 1.807) is 0 Å². The standard InChI is InChI=1S/C17H20N6O2S/c1-10-11(2)26-17-20-9-14(16(25)23(10)17)15(24)19-7-12-6-13-8-18-4-3-5-22(13)21-12/h6,9,18H,3-5,7-8H2,1-2H3,(H,19,24). The first-order chi connectivity index (χ1) is 12.5. The predicted octanol–water partition coefficient (Wildman–Crippen LogP) is 0.993. The van der Waals surface area contributed by atoms with E-state index in [-0.39, 0.29) is 17.7 Å². The predicted molar refractivity (Wildman–Crippen MR) is 98.5 cm³/mol. The molecule has 3 aromatic heterocycles. The second kappa shape index (κ2) is 6.65. The van der Waals surface area contributed by atoms with Crippen LogP contribution in [0.5, 0.6) is 0 Å². The largest absolute Gasteiger partial charge is 0.346 e. The third kappa shape index (κ3) is 2.93. The van der Waals surface area contributed by atoms with E-state index < -0.39 is 5.91 Å². The fourth-order valence-electron chi connectivity index (χ4n) is 3.11. The van der Waals surface area contributed by atoms with E-state index in [0.29, 0.717) is 4.96 Å². The van der Waals surface area contributed by atoms with Crippen molar-refractivity contribution in [2.45, 2.75) is 39.9 Å². The van der Waals surface area contributed by atoms with Gasteiger partial charge in [0.2, 0.25) is 0 Å². The molecule has 0 saturated carbocycles. The summed E-state index contributed by atoms with van der Waals surface area (Å²) in [7, 11) is 0. The van der Waals surface area contributed by atoms with E-state index in [2.05, 4.69) is 20.7 Å². The van der Waals surface area contributed by atoms with Crippen molar-refractivity contribution >= 4 is 22.2 Å². The Kier molecular flexibility index (Phi) is 4.33. The molecular weight excluding hydrogens is 352 g/mol. The fraction of sp³-hybridized carbons (Fsp3) is 0.412. The summed E-state index contributed by atoms with van der Waals surface area (Å²) in [4.78, 5) is 31.0. The molecule has 0 aromatic carbocycles. The highest BCUT2D eigenvalue weighted by Gasteiger charge is 2.17. The van der Waals surface area contributed by atoms with Crippen LogP contribution in [0.2, 0.25) is 0 Å². The monoisotopic (exact) mass is 372 g/mol. The van der Waals surface area contributed by atoms with E-state index >= 15 is 0 Å². The van der Waals surface area contributed by atoms with E-state index in [0.717, 1.165) is 48.0 Å². The van der Waals surface area contributed by atoms with Crippen LogP contribution in [0.3, 0.4) is 0 Å². The van der Waals surface area contributed by atoms with Crippen molar-refractivity contribution in [2.75, 3.05) is 6.54 Å². The van der Waals surface area contributed by atoms with Gasteiger partial charge in [0, 0.05) is 29.9 Å². The van der Waals surface area contributed by atoms with Gasteiger partial charge in [0.15, 0.2) is 4.96 Å². The highest BCUT2D eigenvalue weighted by Crippen LogP contribution is 2.18. The molecule has 0 saturated heterocycles. The van der Waals surface area contributed by atoms with Crippen LogP contribution in [0.15, 0.2) is 17.1 Å². The summed E-state index contributed by atoms with van der Waals surface area (Å²) in [5.74, 6) is -0.429. The summed E-state index contributed by atoms with van der Waals surface area (Å²) < 4.78 is 3.47. The Morgan fingerprint density at radius 2 is 2.27 bits per heavy atom. The number of nitrogens with zero attached hydrogens (tertiary/aromatic N) is 4. The van der Waals surface area contributed by atoms with Gasteiger partial charge >= 0.3 is 0 Å². The second-order valence-corrected chi connectivity index (χ2v) is 7.58. The Balaban J connectivity index is 1.54. The summed E-state index contributed by atoms with van der Waals surface area (Å²) >= 11 is 1.44. The van der Waals surface area contributed by atoms with E-state index in [9.17, 15) is 9.59 Å². The van der Waals surface area contributed by atoms with E-state index in [1.165, 1.54) is 21.9 Å². The Morgan fingerprint density at radius 3 is 3.12 bits per heavy atom. The molecule has 0 bridgehead atoms. The zero-order chi connectivity index (χ0) is 18.3. The lowest BCUT2D eigenvalue weighted by molar-refractivity contribution is 0.0948.